The van der Waals surface area contributed by atoms with E-state index in [0.29, 0.717) is 10.6 Å². The second-order valence-electron chi connectivity index (χ2n) is 5.71. The predicted octanol–water partition coefficient (Wildman–Crippen LogP) is 2.35. The van der Waals surface area contributed by atoms with Gasteiger partial charge in [-0.3, -0.25) is 9.59 Å². The number of sulfone groups is 1. The smallest absolute Gasteiger partial charge is 0.325 e. The van der Waals surface area contributed by atoms with Gasteiger partial charge in [-0.25, -0.2) is 8.42 Å². The summed E-state index contributed by atoms with van der Waals surface area (Å²) in [5.74, 6) is -2.83. The van der Waals surface area contributed by atoms with Crippen molar-refractivity contribution in [2.45, 2.75) is 31.9 Å². The minimum Gasteiger partial charge on any atom is -0.465 e. The number of hydrogen-bond donors (Lipinski definition) is 0. The summed E-state index contributed by atoms with van der Waals surface area (Å²) < 4.78 is 35.3. The van der Waals surface area contributed by atoms with Gasteiger partial charge >= 0.3 is 11.9 Å². The molecule has 138 valence electrons. The quantitative estimate of drug-likeness (QED) is 0.526. The molecule has 0 saturated heterocycles. The molecule has 6 nitrogen and oxygen atoms in total. The summed E-state index contributed by atoms with van der Waals surface area (Å²) in [7, 11) is -3.71. The van der Waals surface area contributed by atoms with Crippen molar-refractivity contribution in [3.8, 4) is 0 Å². The number of ether oxygens (including phenoxy) is 2. The summed E-state index contributed by atoms with van der Waals surface area (Å²) in [6, 6.07) is 6.49. The van der Waals surface area contributed by atoms with Gasteiger partial charge in [0.1, 0.15) is 0 Å². The molecule has 0 spiro atoms. The molecule has 0 N–H and O–H groups in total. The van der Waals surface area contributed by atoms with E-state index in [1.54, 1.807) is 38.1 Å². The maximum absolute atomic E-state index is 12.7. The second kappa shape index (κ2) is 7.33. The van der Waals surface area contributed by atoms with E-state index < -0.39 is 38.4 Å². The van der Waals surface area contributed by atoms with Gasteiger partial charge in [0, 0.05) is 16.7 Å². The monoisotopic (exact) mass is 388 g/mol. The van der Waals surface area contributed by atoms with E-state index in [1.807, 2.05) is 0 Å². The topological polar surface area (TPSA) is 86.7 Å². The summed E-state index contributed by atoms with van der Waals surface area (Å²) >= 11 is 6.01. The van der Waals surface area contributed by atoms with E-state index >= 15 is 0 Å². The first kappa shape index (κ1) is 19.7. The molecule has 0 heterocycles. The molecule has 2 atom stereocenters. The first-order valence-corrected chi connectivity index (χ1v) is 10.2. The van der Waals surface area contributed by atoms with Gasteiger partial charge in [-0.15, -0.1) is 0 Å². The summed E-state index contributed by atoms with van der Waals surface area (Å²) in [4.78, 5) is 25.3. The highest BCUT2D eigenvalue weighted by Crippen LogP contribution is 2.64. The van der Waals surface area contributed by atoms with Crippen molar-refractivity contribution < 1.29 is 27.5 Å². The fourth-order valence-electron chi connectivity index (χ4n) is 3.23. The van der Waals surface area contributed by atoms with Gasteiger partial charge < -0.3 is 9.47 Å². The Morgan fingerprint density at radius 2 is 1.68 bits per heavy atom. The first-order chi connectivity index (χ1) is 11.8. The highest BCUT2D eigenvalue weighted by molar-refractivity contribution is 7.92. The van der Waals surface area contributed by atoms with Gasteiger partial charge in [-0.1, -0.05) is 30.7 Å². The van der Waals surface area contributed by atoms with Gasteiger partial charge in [-0.05, 0) is 31.5 Å². The van der Waals surface area contributed by atoms with E-state index in [1.165, 1.54) is 6.92 Å². The molecule has 1 aliphatic rings. The van der Waals surface area contributed by atoms with Crippen LogP contribution < -0.4 is 0 Å². The third kappa shape index (κ3) is 3.27. The van der Waals surface area contributed by atoms with Gasteiger partial charge in [0.2, 0.25) is 0 Å². The predicted molar refractivity (Wildman–Crippen MR) is 93.1 cm³/mol. The lowest BCUT2D eigenvalue weighted by molar-refractivity contribution is -0.164. The summed E-state index contributed by atoms with van der Waals surface area (Å²) in [5, 5.41) is -0.833. The molecule has 0 unspecified atom stereocenters. The lowest BCUT2D eigenvalue weighted by atomic mass is 9.99. The fourth-order valence-corrected chi connectivity index (χ4v) is 5.41. The van der Waals surface area contributed by atoms with Crippen LogP contribution in [0.5, 0.6) is 0 Å². The molecule has 25 heavy (non-hydrogen) atoms. The van der Waals surface area contributed by atoms with Crippen LogP contribution in [0, 0.1) is 5.41 Å². The lowest BCUT2D eigenvalue weighted by Crippen LogP contribution is -2.36. The molecule has 0 aromatic heterocycles. The number of carbonyl (C=O) groups excluding carboxylic acids is 2. The third-order valence-corrected chi connectivity index (χ3v) is 6.81. The molecule has 1 fully saturated rings. The normalized spacial score (nSPS) is 21.4. The maximum atomic E-state index is 12.7. The Bertz CT molecular complexity index is 755. The van der Waals surface area contributed by atoms with Crippen molar-refractivity contribution in [3.05, 3.63) is 34.9 Å². The molecule has 1 aromatic carbocycles. The Hall–Kier alpha value is -1.60. The van der Waals surface area contributed by atoms with Gasteiger partial charge in [0.05, 0.1) is 18.5 Å². The zero-order valence-corrected chi connectivity index (χ0v) is 15.9. The van der Waals surface area contributed by atoms with Gasteiger partial charge in [0.25, 0.3) is 0 Å². The minimum absolute atomic E-state index is 0.0289. The molecule has 1 saturated carbocycles. The van der Waals surface area contributed by atoms with Crippen LogP contribution in [0.3, 0.4) is 0 Å². The molecule has 0 radical (unpaired) electrons. The number of rotatable bonds is 7. The number of benzene rings is 1. The van der Waals surface area contributed by atoms with Gasteiger partial charge in [0.15, 0.2) is 15.3 Å². The third-order valence-electron chi connectivity index (χ3n) is 4.36. The Morgan fingerprint density at radius 3 is 2.12 bits per heavy atom. The largest absolute Gasteiger partial charge is 0.465 e. The van der Waals surface area contributed by atoms with Crippen LogP contribution in [0.2, 0.25) is 5.02 Å². The number of hydrogen-bond acceptors (Lipinski definition) is 6. The van der Waals surface area contributed by atoms with Crippen LogP contribution in [0.4, 0.5) is 0 Å². The Labute approximate surface area is 152 Å². The van der Waals surface area contributed by atoms with Crippen LogP contribution in [0.15, 0.2) is 24.3 Å². The zero-order valence-electron chi connectivity index (χ0n) is 14.3. The number of carbonyl (C=O) groups is 2. The van der Waals surface area contributed by atoms with Gasteiger partial charge in [-0.2, -0.15) is 0 Å². The Kier molecular flexibility index (Phi) is 5.79. The molecule has 0 aliphatic heterocycles. The molecular formula is C17H21ClO6S. The minimum atomic E-state index is -3.71. The standard InChI is InChI=1S/C17H21ClO6S/c1-4-23-15(19)17(16(20)24-5-2)13(14(17)25(21,22)6-3)11-8-7-9-12(18)10-11/h7-10,13-14H,4-6H2,1-3H3/t13-,14-/m0/s1. The maximum Gasteiger partial charge on any atom is 0.325 e. The summed E-state index contributed by atoms with van der Waals surface area (Å²) in [5.41, 5.74) is -1.39. The molecule has 2 rings (SSSR count). The van der Waals surface area contributed by atoms with Crippen LogP contribution in [0.25, 0.3) is 0 Å². The van der Waals surface area contributed by atoms with Crippen molar-refractivity contribution in [3.63, 3.8) is 0 Å². The van der Waals surface area contributed by atoms with Crippen molar-refractivity contribution >= 4 is 33.4 Å². The molecule has 1 aromatic rings. The average Bonchev–Trinajstić information content (AvgIpc) is 3.28. The van der Waals surface area contributed by atoms with Crippen molar-refractivity contribution in [2.75, 3.05) is 19.0 Å². The van der Waals surface area contributed by atoms with Crippen molar-refractivity contribution in [1.82, 2.24) is 0 Å². The second-order valence-corrected chi connectivity index (χ2v) is 8.56. The summed E-state index contributed by atoms with van der Waals surface area (Å²) in [6.45, 7) is 4.72. The van der Waals surface area contributed by atoms with E-state index in [-0.39, 0.29) is 19.0 Å². The SMILES string of the molecule is CCOC(=O)C1(C(=O)OCC)[C@@H](c2cccc(Cl)c2)[C@@H]1S(=O)(=O)CC. The highest BCUT2D eigenvalue weighted by Gasteiger charge is 2.81. The molecule has 0 amide bonds. The van der Waals surface area contributed by atoms with Crippen molar-refractivity contribution in [2.24, 2.45) is 5.41 Å². The van der Waals surface area contributed by atoms with E-state index in [0.717, 1.165) is 0 Å². The van der Waals surface area contributed by atoms with E-state index in [2.05, 4.69) is 0 Å². The molecule has 0 bridgehead atoms. The lowest BCUT2D eigenvalue weighted by Gasteiger charge is -2.15. The molecular weight excluding hydrogens is 368 g/mol. The highest BCUT2D eigenvalue weighted by atomic mass is 35.5. The number of esters is 2. The van der Waals surface area contributed by atoms with Crippen molar-refractivity contribution in [1.29, 1.82) is 0 Å². The van der Waals surface area contributed by atoms with E-state index in [4.69, 9.17) is 21.1 Å². The molecule has 8 heteroatoms. The Balaban J connectivity index is 2.63. The summed E-state index contributed by atoms with van der Waals surface area (Å²) in [6.07, 6.45) is 0. The average molecular weight is 389 g/mol. The van der Waals surface area contributed by atoms with Crippen LogP contribution in [-0.2, 0) is 28.9 Å². The zero-order chi connectivity index (χ0) is 18.8. The first-order valence-electron chi connectivity index (χ1n) is 8.08. The Morgan fingerprint density at radius 1 is 1.12 bits per heavy atom. The number of halogens is 1. The van der Waals surface area contributed by atoms with Crippen LogP contribution in [0.1, 0.15) is 32.3 Å². The van der Waals surface area contributed by atoms with E-state index in [9.17, 15) is 18.0 Å². The van der Waals surface area contributed by atoms with Crippen LogP contribution in [-0.4, -0.2) is 44.6 Å². The fraction of sp³-hybridized carbons (Fsp3) is 0.529. The molecule has 1 aliphatic carbocycles. The van der Waals surface area contributed by atoms with Crippen LogP contribution >= 0.6 is 11.6 Å².